The topological polar surface area (TPSA) is 72.7 Å². The van der Waals surface area contributed by atoms with Gasteiger partial charge in [-0.3, -0.25) is 14.3 Å². The Morgan fingerprint density at radius 1 is 1.37 bits per heavy atom. The van der Waals surface area contributed by atoms with Crippen molar-refractivity contribution in [2.45, 2.75) is 68.4 Å². The summed E-state index contributed by atoms with van der Waals surface area (Å²) in [6, 6.07) is 4.13. The lowest BCUT2D eigenvalue weighted by Gasteiger charge is -2.19. The second-order valence-corrected chi connectivity index (χ2v) is 8.21. The highest BCUT2D eigenvalue weighted by molar-refractivity contribution is 8.00. The van der Waals surface area contributed by atoms with Gasteiger partial charge in [0.15, 0.2) is 11.0 Å². The molecule has 0 bridgehead atoms. The van der Waals surface area contributed by atoms with Gasteiger partial charge >= 0.3 is 0 Å². The number of thioether (sulfide) groups is 1. The van der Waals surface area contributed by atoms with Crippen molar-refractivity contribution in [2.75, 3.05) is 0 Å². The SMILES string of the molecule is C=CCn1c(S[C@H](C)C(=O)NC2CCCCCC2)nnc1-c1cccnc1. The zero-order chi connectivity index (χ0) is 19.1. The highest BCUT2D eigenvalue weighted by Crippen LogP contribution is 2.27. The summed E-state index contributed by atoms with van der Waals surface area (Å²) < 4.78 is 1.98. The molecule has 1 amide bonds. The van der Waals surface area contributed by atoms with E-state index in [1.54, 1.807) is 12.4 Å². The van der Waals surface area contributed by atoms with E-state index in [-0.39, 0.29) is 11.2 Å². The lowest BCUT2D eigenvalue weighted by Crippen LogP contribution is -2.39. The smallest absolute Gasteiger partial charge is 0.233 e. The minimum absolute atomic E-state index is 0.0722. The Bertz CT molecular complexity index is 753. The predicted octanol–water partition coefficient (Wildman–Crippen LogP) is 3.85. The van der Waals surface area contributed by atoms with Gasteiger partial charge in [0, 0.05) is 30.5 Å². The maximum Gasteiger partial charge on any atom is 0.233 e. The molecule has 1 saturated carbocycles. The van der Waals surface area contributed by atoms with Gasteiger partial charge in [-0.15, -0.1) is 16.8 Å². The van der Waals surface area contributed by atoms with Gasteiger partial charge in [0.1, 0.15) is 0 Å². The van der Waals surface area contributed by atoms with E-state index in [2.05, 4.69) is 27.1 Å². The molecule has 1 aliphatic carbocycles. The number of hydrogen-bond acceptors (Lipinski definition) is 5. The molecule has 1 atom stereocenters. The van der Waals surface area contributed by atoms with Crippen LogP contribution in [0.1, 0.15) is 45.4 Å². The number of pyridine rings is 1. The Morgan fingerprint density at radius 3 is 2.81 bits per heavy atom. The summed E-state index contributed by atoms with van der Waals surface area (Å²) in [4.78, 5) is 16.8. The monoisotopic (exact) mass is 385 g/mol. The van der Waals surface area contributed by atoms with Crippen molar-refractivity contribution in [1.82, 2.24) is 25.1 Å². The molecular formula is C20H27N5OS. The van der Waals surface area contributed by atoms with E-state index < -0.39 is 0 Å². The molecule has 0 saturated heterocycles. The Morgan fingerprint density at radius 2 is 2.15 bits per heavy atom. The molecule has 0 aliphatic heterocycles. The third kappa shape index (κ3) is 5.19. The second kappa shape index (κ2) is 9.69. The van der Waals surface area contributed by atoms with E-state index in [1.807, 2.05) is 29.7 Å². The summed E-state index contributed by atoms with van der Waals surface area (Å²) in [6.07, 6.45) is 12.4. The molecule has 1 N–H and O–H groups in total. The molecule has 1 fully saturated rings. The van der Waals surface area contributed by atoms with Crippen LogP contribution in [0.4, 0.5) is 0 Å². The molecule has 7 heteroatoms. The van der Waals surface area contributed by atoms with Gasteiger partial charge in [-0.2, -0.15) is 0 Å². The number of hydrogen-bond donors (Lipinski definition) is 1. The fourth-order valence-corrected chi connectivity index (χ4v) is 4.20. The van der Waals surface area contributed by atoms with E-state index in [0.717, 1.165) is 29.4 Å². The Balaban J connectivity index is 1.69. The molecule has 0 aromatic carbocycles. The van der Waals surface area contributed by atoms with Gasteiger partial charge in [0.2, 0.25) is 5.91 Å². The number of carbonyl (C=O) groups is 1. The quantitative estimate of drug-likeness (QED) is 0.445. The van der Waals surface area contributed by atoms with Crippen molar-refractivity contribution in [2.24, 2.45) is 0 Å². The number of aromatic nitrogens is 4. The van der Waals surface area contributed by atoms with Crippen LogP contribution >= 0.6 is 11.8 Å². The van der Waals surface area contributed by atoms with E-state index in [4.69, 9.17) is 0 Å². The average molecular weight is 386 g/mol. The van der Waals surface area contributed by atoms with Gasteiger partial charge < -0.3 is 5.32 Å². The van der Waals surface area contributed by atoms with E-state index >= 15 is 0 Å². The molecule has 144 valence electrons. The zero-order valence-electron chi connectivity index (χ0n) is 15.8. The van der Waals surface area contributed by atoms with Crippen LogP contribution in [0.2, 0.25) is 0 Å². The number of amides is 1. The highest BCUT2D eigenvalue weighted by atomic mass is 32.2. The van der Waals surface area contributed by atoms with Crippen LogP contribution in [0.15, 0.2) is 42.3 Å². The minimum Gasteiger partial charge on any atom is -0.352 e. The number of nitrogens with zero attached hydrogens (tertiary/aromatic N) is 4. The van der Waals surface area contributed by atoms with E-state index in [0.29, 0.717) is 12.6 Å². The van der Waals surface area contributed by atoms with Crippen molar-refractivity contribution >= 4 is 17.7 Å². The second-order valence-electron chi connectivity index (χ2n) is 6.90. The molecule has 27 heavy (non-hydrogen) atoms. The van der Waals surface area contributed by atoms with Gasteiger partial charge in [-0.1, -0.05) is 43.5 Å². The predicted molar refractivity (Wildman–Crippen MR) is 108 cm³/mol. The minimum atomic E-state index is -0.234. The van der Waals surface area contributed by atoms with E-state index in [9.17, 15) is 4.79 Å². The van der Waals surface area contributed by atoms with Crippen molar-refractivity contribution < 1.29 is 4.79 Å². The first kappa shape index (κ1) is 19.6. The third-order valence-electron chi connectivity index (χ3n) is 4.80. The molecular weight excluding hydrogens is 358 g/mol. The van der Waals surface area contributed by atoms with Crippen LogP contribution in [0.5, 0.6) is 0 Å². The van der Waals surface area contributed by atoms with Crippen LogP contribution in [-0.4, -0.2) is 36.9 Å². The number of nitrogens with one attached hydrogen (secondary N) is 1. The molecule has 0 unspecified atom stereocenters. The normalized spacial score (nSPS) is 16.5. The number of carbonyl (C=O) groups excluding carboxylic acids is 1. The Kier molecular flexibility index (Phi) is 7.04. The highest BCUT2D eigenvalue weighted by Gasteiger charge is 2.23. The first-order valence-electron chi connectivity index (χ1n) is 9.60. The van der Waals surface area contributed by atoms with Crippen molar-refractivity contribution in [1.29, 1.82) is 0 Å². The number of allylic oxidation sites excluding steroid dienone is 1. The maximum atomic E-state index is 12.7. The molecule has 2 aromatic heterocycles. The van der Waals surface area contributed by atoms with Crippen LogP contribution in [0.25, 0.3) is 11.4 Å². The summed E-state index contributed by atoms with van der Waals surface area (Å²) in [5.41, 5.74) is 0.897. The molecule has 3 rings (SSSR count). The molecule has 1 aliphatic rings. The van der Waals surface area contributed by atoms with Crippen molar-refractivity contribution in [3.63, 3.8) is 0 Å². The van der Waals surface area contributed by atoms with Gasteiger partial charge in [-0.25, -0.2) is 0 Å². The Hall–Kier alpha value is -2.15. The summed E-state index contributed by atoms with van der Waals surface area (Å²) in [5, 5.41) is 12.3. The first-order valence-corrected chi connectivity index (χ1v) is 10.5. The van der Waals surface area contributed by atoms with Gasteiger partial charge in [-0.05, 0) is 31.9 Å². The maximum absolute atomic E-state index is 12.7. The van der Waals surface area contributed by atoms with Crippen molar-refractivity contribution in [3.05, 3.63) is 37.2 Å². The standard InChI is InChI=1S/C20H27N5OS/c1-3-13-25-18(16-9-8-12-21-14-16)23-24-20(25)27-15(2)19(26)22-17-10-6-4-5-7-11-17/h3,8-9,12,14-15,17H,1,4-7,10-11,13H2,2H3,(H,22,26)/t15-/m1/s1. The molecule has 0 spiro atoms. The lowest BCUT2D eigenvalue weighted by molar-refractivity contribution is -0.121. The lowest BCUT2D eigenvalue weighted by atomic mass is 10.1. The van der Waals surface area contributed by atoms with E-state index in [1.165, 1.54) is 37.4 Å². The average Bonchev–Trinajstić information content (AvgIpc) is 2.89. The Labute approximate surface area is 164 Å². The number of rotatable bonds is 7. The fraction of sp³-hybridized carbons (Fsp3) is 0.500. The summed E-state index contributed by atoms with van der Waals surface area (Å²) >= 11 is 1.44. The van der Waals surface area contributed by atoms with Crippen LogP contribution in [-0.2, 0) is 11.3 Å². The van der Waals surface area contributed by atoms with Crippen LogP contribution < -0.4 is 5.32 Å². The van der Waals surface area contributed by atoms with Crippen molar-refractivity contribution in [3.8, 4) is 11.4 Å². The third-order valence-corrected chi connectivity index (χ3v) is 5.88. The molecule has 0 radical (unpaired) electrons. The summed E-state index contributed by atoms with van der Waals surface area (Å²) in [5.74, 6) is 0.810. The van der Waals surface area contributed by atoms with Crippen LogP contribution in [0.3, 0.4) is 0 Å². The first-order chi connectivity index (χ1) is 13.2. The fourth-order valence-electron chi connectivity index (χ4n) is 3.33. The molecule has 2 heterocycles. The van der Waals surface area contributed by atoms with Gasteiger partial charge in [0.05, 0.1) is 5.25 Å². The zero-order valence-corrected chi connectivity index (χ0v) is 16.6. The molecule has 6 nitrogen and oxygen atoms in total. The van der Waals surface area contributed by atoms with Gasteiger partial charge in [0.25, 0.3) is 0 Å². The largest absolute Gasteiger partial charge is 0.352 e. The molecule has 2 aromatic rings. The van der Waals surface area contributed by atoms with Crippen LogP contribution in [0, 0.1) is 0 Å². The summed E-state index contributed by atoms with van der Waals surface area (Å²) in [7, 11) is 0. The summed E-state index contributed by atoms with van der Waals surface area (Å²) in [6.45, 7) is 6.34.